The highest BCUT2D eigenvalue weighted by Gasteiger charge is 2.25. The topological polar surface area (TPSA) is 68.3 Å². The van der Waals surface area contributed by atoms with E-state index in [0.29, 0.717) is 17.5 Å². The molecule has 0 saturated heterocycles. The van der Waals surface area contributed by atoms with Crippen LogP contribution in [-0.2, 0) is 11.5 Å². The van der Waals surface area contributed by atoms with Crippen LogP contribution in [0.1, 0.15) is 5.56 Å². The lowest BCUT2D eigenvalue weighted by molar-refractivity contribution is -0.305. The largest absolute Gasteiger partial charge is 0.323 e. The van der Waals surface area contributed by atoms with Crippen LogP contribution < -0.4 is 10.4 Å². The number of nitrogens with one attached hydrogen (secondary N) is 1. The molecule has 26 heavy (non-hydrogen) atoms. The number of anilines is 1. The normalized spacial score (nSPS) is 13.6. The van der Waals surface area contributed by atoms with E-state index in [9.17, 15) is 14.4 Å². The number of carbonyl (C=O) groups is 1. The fraction of sp³-hybridized carbons (Fsp3) is 0.118. The quantitative estimate of drug-likeness (QED) is 0.787. The first-order valence-corrected chi connectivity index (χ1v) is 8.42. The molecule has 2 amide bonds. The Morgan fingerprint density at radius 1 is 1.31 bits per heavy atom. The average Bonchev–Trinajstić information content (AvgIpc) is 2.99. The summed E-state index contributed by atoms with van der Waals surface area (Å²) in [6, 6.07) is 13.3. The first-order chi connectivity index (χ1) is 12.4. The third-order valence-electron chi connectivity index (χ3n) is 3.61. The number of benzene rings is 2. The smallest absolute Gasteiger partial charge is 0.323 e. The summed E-state index contributed by atoms with van der Waals surface area (Å²) in [5, 5.41) is 14.0. The molecule has 3 rings (SSSR count). The predicted molar refractivity (Wildman–Crippen MR) is 95.8 cm³/mol. The molecule has 2 aromatic rings. The molecule has 0 unspecified atom stereocenters. The summed E-state index contributed by atoms with van der Waals surface area (Å²) in [4.78, 5) is 18.9. The Balaban J connectivity index is 1.66. The molecule has 7 nitrogen and oxygen atoms in total. The van der Waals surface area contributed by atoms with Crippen molar-refractivity contribution in [2.24, 2.45) is 0 Å². The maximum absolute atomic E-state index is 13.3. The first kappa shape index (κ1) is 18.2. The summed E-state index contributed by atoms with van der Waals surface area (Å²) < 4.78 is 13.6. The van der Waals surface area contributed by atoms with Crippen molar-refractivity contribution < 1.29 is 19.3 Å². The Morgan fingerprint density at radius 2 is 2.04 bits per heavy atom. The van der Waals surface area contributed by atoms with Gasteiger partial charge in [0.1, 0.15) is 5.82 Å². The Hall–Kier alpha value is -2.62. The van der Waals surface area contributed by atoms with Crippen LogP contribution in [0.3, 0.4) is 0 Å². The van der Waals surface area contributed by atoms with Gasteiger partial charge in [-0.3, -0.25) is 10.5 Å². The SMILES string of the molecule is CN(Cc1ccccc1)C(=O)NC1=CN(c2ccc(F)c(Br)c2)ON1O. The number of amides is 2. The Kier molecular flexibility index (Phi) is 5.40. The van der Waals surface area contributed by atoms with Crippen molar-refractivity contribution in [2.45, 2.75) is 6.54 Å². The second-order valence-electron chi connectivity index (χ2n) is 5.56. The number of hydroxylamine groups is 3. The van der Waals surface area contributed by atoms with E-state index < -0.39 is 11.8 Å². The van der Waals surface area contributed by atoms with Crippen LogP contribution >= 0.6 is 15.9 Å². The average molecular weight is 423 g/mol. The van der Waals surface area contributed by atoms with Crippen LogP contribution in [0.5, 0.6) is 0 Å². The van der Waals surface area contributed by atoms with Gasteiger partial charge in [0.05, 0.1) is 16.4 Å². The van der Waals surface area contributed by atoms with E-state index >= 15 is 0 Å². The maximum Gasteiger partial charge on any atom is 0.323 e. The highest BCUT2D eigenvalue weighted by Crippen LogP contribution is 2.27. The maximum atomic E-state index is 13.3. The highest BCUT2D eigenvalue weighted by molar-refractivity contribution is 9.10. The Bertz CT molecular complexity index is 834. The van der Waals surface area contributed by atoms with Crippen molar-refractivity contribution in [1.82, 2.24) is 15.4 Å². The van der Waals surface area contributed by atoms with E-state index in [-0.39, 0.29) is 10.3 Å². The molecule has 9 heteroatoms. The van der Waals surface area contributed by atoms with Crippen molar-refractivity contribution in [3.8, 4) is 0 Å². The number of halogens is 2. The van der Waals surface area contributed by atoms with Gasteiger partial charge in [0.25, 0.3) is 0 Å². The zero-order valence-corrected chi connectivity index (χ0v) is 15.4. The minimum absolute atomic E-state index is 0.0235. The Morgan fingerprint density at radius 3 is 2.73 bits per heavy atom. The minimum Gasteiger partial charge on any atom is -0.323 e. The van der Waals surface area contributed by atoms with Crippen molar-refractivity contribution in [3.05, 3.63) is 76.4 Å². The number of carbonyl (C=O) groups excluding carboxylic acids is 1. The van der Waals surface area contributed by atoms with Crippen LogP contribution in [0, 0.1) is 5.82 Å². The fourth-order valence-electron chi connectivity index (χ4n) is 2.27. The molecule has 0 atom stereocenters. The molecule has 0 fully saturated rings. The molecular formula is C17H16BrFN4O3. The lowest BCUT2D eigenvalue weighted by atomic mass is 10.2. The second kappa shape index (κ2) is 7.73. The van der Waals surface area contributed by atoms with Gasteiger partial charge in [-0.25, -0.2) is 9.18 Å². The van der Waals surface area contributed by atoms with E-state index in [1.165, 1.54) is 34.4 Å². The number of rotatable bonds is 4. The van der Waals surface area contributed by atoms with Gasteiger partial charge in [0, 0.05) is 13.6 Å². The molecular weight excluding hydrogens is 407 g/mol. The van der Waals surface area contributed by atoms with Gasteiger partial charge in [-0.05, 0) is 39.7 Å². The molecule has 0 aromatic heterocycles. The van der Waals surface area contributed by atoms with E-state index in [0.717, 1.165) is 5.56 Å². The molecule has 1 aliphatic rings. The lowest BCUT2D eigenvalue weighted by Crippen LogP contribution is -2.39. The first-order valence-electron chi connectivity index (χ1n) is 7.63. The van der Waals surface area contributed by atoms with Crippen LogP contribution in [0.25, 0.3) is 0 Å². The lowest BCUT2D eigenvalue weighted by Gasteiger charge is -2.19. The molecule has 0 aliphatic carbocycles. The van der Waals surface area contributed by atoms with E-state index in [4.69, 9.17) is 4.94 Å². The van der Waals surface area contributed by atoms with E-state index in [1.54, 1.807) is 7.05 Å². The third kappa shape index (κ3) is 4.13. The van der Waals surface area contributed by atoms with Crippen molar-refractivity contribution in [2.75, 3.05) is 12.1 Å². The second-order valence-corrected chi connectivity index (χ2v) is 6.42. The number of nitrogens with zero attached hydrogens (tertiary/aromatic N) is 3. The van der Waals surface area contributed by atoms with E-state index in [2.05, 4.69) is 21.2 Å². The standard InChI is InChI=1S/C17H16BrFN4O3/c1-21(10-12-5-3-2-4-6-12)17(24)20-16-11-22(26-23(16)25)13-7-8-15(19)14(18)9-13/h2-9,11,25H,10H2,1H3,(H,20,24). The zero-order chi connectivity index (χ0) is 18.7. The van der Waals surface area contributed by atoms with Gasteiger partial charge in [-0.15, -0.1) is 4.94 Å². The molecule has 0 radical (unpaired) electrons. The summed E-state index contributed by atoms with van der Waals surface area (Å²) in [6.07, 6.45) is 1.37. The van der Waals surface area contributed by atoms with Crippen LogP contribution in [0.4, 0.5) is 14.9 Å². The number of hydrogen-bond donors (Lipinski definition) is 2. The van der Waals surface area contributed by atoms with Gasteiger partial charge in [0.15, 0.2) is 5.82 Å². The summed E-state index contributed by atoms with van der Waals surface area (Å²) in [5.74, 6) is -0.399. The Labute approximate surface area is 157 Å². The number of hydrogen-bond acceptors (Lipinski definition) is 5. The molecule has 0 bridgehead atoms. The third-order valence-corrected chi connectivity index (χ3v) is 4.22. The van der Waals surface area contributed by atoms with Crippen LogP contribution in [0.2, 0.25) is 0 Å². The molecule has 1 aliphatic heterocycles. The summed E-state index contributed by atoms with van der Waals surface area (Å²) in [6.45, 7) is 0.404. The van der Waals surface area contributed by atoms with Gasteiger partial charge >= 0.3 is 6.03 Å². The van der Waals surface area contributed by atoms with Crippen LogP contribution in [-0.4, -0.2) is 28.4 Å². The van der Waals surface area contributed by atoms with Gasteiger partial charge in [0.2, 0.25) is 0 Å². The number of urea groups is 1. The minimum atomic E-state index is -0.426. The molecule has 0 spiro atoms. The van der Waals surface area contributed by atoms with Crippen molar-refractivity contribution in [1.29, 1.82) is 0 Å². The molecule has 2 aromatic carbocycles. The summed E-state index contributed by atoms with van der Waals surface area (Å²) >= 11 is 3.08. The van der Waals surface area contributed by atoms with Crippen LogP contribution in [0.15, 0.2) is 65.0 Å². The monoisotopic (exact) mass is 422 g/mol. The summed E-state index contributed by atoms with van der Waals surface area (Å²) in [5.41, 5.74) is 1.43. The zero-order valence-electron chi connectivity index (χ0n) is 13.8. The van der Waals surface area contributed by atoms with E-state index in [1.807, 2.05) is 30.3 Å². The molecule has 2 N–H and O–H groups in total. The fourth-order valence-corrected chi connectivity index (χ4v) is 2.64. The molecule has 0 saturated carbocycles. The highest BCUT2D eigenvalue weighted by atomic mass is 79.9. The van der Waals surface area contributed by atoms with Gasteiger partial charge < -0.3 is 4.90 Å². The molecule has 1 heterocycles. The van der Waals surface area contributed by atoms with Crippen molar-refractivity contribution >= 4 is 27.6 Å². The summed E-state index contributed by atoms with van der Waals surface area (Å²) in [7, 11) is 1.63. The van der Waals surface area contributed by atoms with Crippen molar-refractivity contribution in [3.63, 3.8) is 0 Å². The van der Waals surface area contributed by atoms with Gasteiger partial charge in [-0.1, -0.05) is 35.6 Å². The molecule has 136 valence electrons. The van der Waals surface area contributed by atoms with Gasteiger partial charge in [-0.2, -0.15) is 5.06 Å². The predicted octanol–water partition coefficient (Wildman–Crippen LogP) is 3.59.